The lowest BCUT2D eigenvalue weighted by Crippen LogP contribution is -2.60. The van der Waals surface area contributed by atoms with E-state index in [4.69, 9.17) is 9.47 Å². The average molecular weight is 737 g/mol. The second kappa shape index (κ2) is 14.6. The van der Waals surface area contributed by atoms with E-state index >= 15 is 0 Å². The molecule has 2 N–H and O–H groups in total. The van der Waals surface area contributed by atoms with Crippen LogP contribution in [0.25, 0.3) is 0 Å². The molecule has 4 rings (SSSR count). The molecule has 0 spiro atoms. The molecule has 0 unspecified atom stereocenters. The second-order valence-corrected chi connectivity index (χ2v) is 18.5. The summed E-state index contributed by atoms with van der Waals surface area (Å²) in [5.74, 6) is -5.37. The van der Waals surface area contributed by atoms with E-state index in [-0.39, 0.29) is 19.6 Å². The number of rotatable bonds is 15. The molecule has 0 saturated heterocycles. The van der Waals surface area contributed by atoms with Gasteiger partial charge in [0.05, 0.1) is 26.1 Å². The number of hydrogen-bond acceptors (Lipinski definition) is 10. The Bertz CT molecular complexity index is 1980. The van der Waals surface area contributed by atoms with Crippen LogP contribution in [0.5, 0.6) is 0 Å². The van der Waals surface area contributed by atoms with Crippen LogP contribution in [0.3, 0.4) is 0 Å². The molecule has 258 valence electrons. The summed E-state index contributed by atoms with van der Waals surface area (Å²) in [4.78, 5) is -0.886. The number of aryl methyl sites for hydroxylation is 4. The quantitative estimate of drug-likeness (QED) is 0.171. The number of sulfonamides is 2. The lowest BCUT2D eigenvalue weighted by molar-refractivity contribution is -0.219. The van der Waals surface area contributed by atoms with Crippen molar-refractivity contribution >= 4 is 39.7 Å². The maximum Gasteiger partial charge on any atom is 0.256 e. The minimum atomic E-state index is -4.67. The summed E-state index contributed by atoms with van der Waals surface area (Å²) in [6, 6.07) is 22.6. The number of hydrogen-bond donors (Lipinski definition) is 2. The van der Waals surface area contributed by atoms with Crippen LogP contribution in [0.15, 0.2) is 117 Å². The molecular weight excluding hydrogens is 701 g/mol. The van der Waals surface area contributed by atoms with Gasteiger partial charge >= 0.3 is 0 Å². The summed E-state index contributed by atoms with van der Waals surface area (Å²) < 4.78 is 123. The van der Waals surface area contributed by atoms with Gasteiger partial charge in [0.2, 0.25) is 39.7 Å². The van der Waals surface area contributed by atoms with Gasteiger partial charge in [-0.25, -0.2) is 38.4 Å². The van der Waals surface area contributed by atoms with Gasteiger partial charge in [0.25, 0.3) is 5.91 Å². The first kappa shape index (κ1) is 37.3. The third-order valence-corrected chi connectivity index (χ3v) is 12.8. The predicted molar refractivity (Wildman–Crippen MR) is 179 cm³/mol. The molecule has 0 fully saturated rings. The average Bonchev–Trinajstić information content (AvgIpc) is 3.03. The van der Waals surface area contributed by atoms with E-state index in [1.165, 1.54) is 72.8 Å². The van der Waals surface area contributed by atoms with Gasteiger partial charge in [-0.3, -0.25) is 0 Å². The van der Waals surface area contributed by atoms with Crippen molar-refractivity contribution < 1.29 is 43.1 Å². The molecule has 0 heterocycles. The zero-order valence-electron chi connectivity index (χ0n) is 26.6. The number of ether oxygens (including phenoxy) is 2. The van der Waals surface area contributed by atoms with Gasteiger partial charge in [0.15, 0.2) is 11.9 Å². The van der Waals surface area contributed by atoms with E-state index in [1.54, 1.807) is 52.0 Å². The summed E-state index contributed by atoms with van der Waals surface area (Å²) in [7, 11) is -17.7. The summed E-state index contributed by atoms with van der Waals surface area (Å²) in [5.41, 5.74) is 3.03. The Balaban J connectivity index is 1.80. The summed E-state index contributed by atoms with van der Waals surface area (Å²) in [6.45, 7) is 5.90. The van der Waals surface area contributed by atoms with Crippen LogP contribution in [-0.4, -0.2) is 58.0 Å². The first-order chi connectivity index (χ1) is 22.3. The molecule has 0 saturated carbocycles. The fraction of sp³-hybridized carbons (Fsp3) is 0.250. The first-order valence-electron chi connectivity index (χ1n) is 14.4. The molecular formula is C32H36N2O10S4. The molecule has 0 amide bonds. The van der Waals surface area contributed by atoms with Crippen molar-refractivity contribution in [1.82, 2.24) is 9.44 Å². The maximum absolute atomic E-state index is 13.7. The van der Waals surface area contributed by atoms with E-state index in [9.17, 15) is 33.7 Å². The van der Waals surface area contributed by atoms with E-state index in [0.29, 0.717) is 0 Å². The molecule has 0 aliphatic rings. The molecule has 0 bridgehead atoms. The molecule has 4 aromatic rings. The minimum Gasteiger partial charge on any atom is -0.319 e. The Morgan fingerprint density at radius 1 is 0.458 bits per heavy atom. The highest BCUT2D eigenvalue weighted by atomic mass is 32.2. The standard InChI is InChI=1S/C32H36N2O10S4/c1-24-5-13-28(14-6-24)45(35,36)22-43-32(34-48(41,42)31-19-11-27(4)12-20-31,21-33-47(39,40)30-17-9-26(3)10-18-30)44-23-46(37,38)29-15-7-25(2)8-16-29/h5-20,33-34H,21-23H2,1-4H3. The third kappa shape index (κ3) is 9.57. The van der Waals surface area contributed by atoms with Crippen LogP contribution in [0.2, 0.25) is 0 Å². The SMILES string of the molecule is Cc1ccc(S(=O)(=O)COC(CNS(=O)(=O)c2ccc(C)cc2)(NS(=O)(=O)c2ccc(C)cc2)OCS(=O)(=O)c2ccc(C)cc2)cc1. The number of sulfone groups is 2. The molecule has 16 heteroatoms. The fourth-order valence-electron chi connectivity index (χ4n) is 4.18. The van der Waals surface area contributed by atoms with Gasteiger partial charge in [-0.05, 0) is 76.2 Å². The van der Waals surface area contributed by atoms with Gasteiger partial charge < -0.3 is 9.47 Å². The van der Waals surface area contributed by atoms with Crippen LogP contribution in [0.4, 0.5) is 0 Å². The molecule has 0 radical (unpaired) electrons. The van der Waals surface area contributed by atoms with Gasteiger partial charge in [-0.2, -0.15) is 4.72 Å². The summed E-state index contributed by atoms with van der Waals surface area (Å²) in [6.07, 6.45) is 0. The molecule has 0 aliphatic carbocycles. The molecule has 0 aliphatic heterocycles. The van der Waals surface area contributed by atoms with Crippen LogP contribution in [-0.2, 0) is 49.2 Å². The van der Waals surface area contributed by atoms with Crippen molar-refractivity contribution in [2.75, 3.05) is 18.4 Å². The van der Waals surface area contributed by atoms with Gasteiger partial charge in [0.1, 0.15) is 0 Å². The highest BCUT2D eigenvalue weighted by molar-refractivity contribution is 7.91. The lowest BCUT2D eigenvalue weighted by atomic mass is 10.2. The first-order valence-corrected chi connectivity index (χ1v) is 20.6. The highest BCUT2D eigenvalue weighted by Crippen LogP contribution is 2.23. The Kier molecular flexibility index (Phi) is 11.3. The smallest absolute Gasteiger partial charge is 0.256 e. The summed E-state index contributed by atoms with van der Waals surface area (Å²) >= 11 is 0. The maximum atomic E-state index is 13.7. The molecule has 4 aromatic carbocycles. The second-order valence-electron chi connectivity index (χ2n) is 11.2. The van der Waals surface area contributed by atoms with E-state index < -0.39 is 64.1 Å². The number of nitrogens with one attached hydrogen (secondary N) is 2. The van der Waals surface area contributed by atoms with Crippen molar-refractivity contribution in [2.24, 2.45) is 0 Å². The molecule has 0 aromatic heterocycles. The predicted octanol–water partition coefficient (Wildman–Crippen LogP) is 3.73. The van der Waals surface area contributed by atoms with Crippen molar-refractivity contribution in [3.8, 4) is 0 Å². The Labute approximate surface area is 282 Å². The van der Waals surface area contributed by atoms with Crippen molar-refractivity contribution in [2.45, 2.75) is 53.2 Å². The van der Waals surface area contributed by atoms with Crippen LogP contribution in [0, 0.1) is 27.7 Å². The third-order valence-electron chi connectivity index (χ3n) is 7.10. The van der Waals surface area contributed by atoms with Crippen LogP contribution in [0.1, 0.15) is 22.3 Å². The van der Waals surface area contributed by atoms with Crippen molar-refractivity contribution in [3.05, 3.63) is 119 Å². The zero-order chi connectivity index (χ0) is 35.4. The van der Waals surface area contributed by atoms with E-state index in [0.717, 1.165) is 22.3 Å². The van der Waals surface area contributed by atoms with Gasteiger partial charge in [-0.1, -0.05) is 70.8 Å². The minimum absolute atomic E-state index is 0.184. The molecule has 48 heavy (non-hydrogen) atoms. The highest BCUT2D eigenvalue weighted by Gasteiger charge is 2.42. The monoisotopic (exact) mass is 736 g/mol. The van der Waals surface area contributed by atoms with E-state index in [1.807, 2.05) is 0 Å². The van der Waals surface area contributed by atoms with Gasteiger partial charge in [-0.15, -0.1) is 0 Å². The van der Waals surface area contributed by atoms with E-state index in [2.05, 4.69) is 9.44 Å². The topological polar surface area (TPSA) is 179 Å². The van der Waals surface area contributed by atoms with Crippen molar-refractivity contribution in [1.29, 1.82) is 0 Å². The number of benzene rings is 4. The summed E-state index contributed by atoms with van der Waals surface area (Å²) in [5, 5.41) is 0. The fourth-order valence-corrected chi connectivity index (χ4v) is 8.50. The lowest BCUT2D eigenvalue weighted by Gasteiger charge is -2.34. The van der Waals surface area contributed by atoms with Crippen LogP contribution < -0.4 is 9.44 Å². The van der Waals surface area contributed by atoms with Crippen molar-refractivity contribution in [3.63, 3.8) is 0 Å². The Hall–Kier alpha value is -3.48. The Morgan fingerprint density at radius 2 is 0.750 bits per heavy atom. The Morgan fingerprint density at radius 3 is 1.08 bits per heavy atom. The largest absolute Gasteiger partial charge is 0.319 e. The molecule has 12 nitrogen and oxygen atoms in total. The normalized spacial score (nSPS) is 13.0. The molecule has 0 atom stereocenters. The van der Waals surface area contributed by atoms with Crippen LogP contribution >= 0.6 is 0 Å². The zero-order valence-corrected chi connectivity index (χ0v) is 29.8. The van der Waals surface area contributed by atoms with Gasteiger partial charge in [0, 0.05) is 0 Å².